The van der Waals surface area contributed by atoms with E-state index < -0.39 is 17.8 Å². The molecule has 0 radical (unpaired) electrons. The van der Waals surface area contributed by atoms with Gasteiger partial charge in [0.2, 0.25) is 23.5 Å². The SMILES string of the molecule is CC(C)c1ccc(-c2noc(CCC(=O)N(C)C(C(N)=O)c3cccc(F)c3)n2)cc1. The number of nitrogens with zero attached hydrogens (tertiary/aromatic N) is 3. The number of halogens is 1. The van der Waals surface area contributed by atoms with Crippen molar-refractivity contribution in [3.8, 4) is 11.4 Å². The summed E-state index contributed by atoms with van der Waals surface area (Å²) < 4.78 is 18.8. The van der Waals surface area contributed by atoms with Crippen LogP contribution < -0.4 is 5.73 Å². The lowest BCUT2D eigenvalue weighted by Crippen LogP contribution is -2.39. The molecule has 3 aromatic rings. The molecule has 162 valence electrons. The Morgan fingerprint density at radius 2 is 1.84 bits per heavy atom. The molecule has 0 aliphatic heterocycles. The van der Waals surface area contributed by atoms with Crippen LogP contribution in [0.5, 0.6) is 0 Å². The van der Waals surface area contributed by atoms with E-state index in [-0.39, 0.29) is 18.7 Å². The number of aryl methyl sites for hydroxylation is 1. The molecule has 2 aromatic carbocycles. The minimum absolute atomic E-state index is 0.0313. The number of carbonyl (C=O) groups excluding carboxylic acids is 2. The van der Waals surface area contributed by atoms with Crippen LogP contribution in [0.2, 0.25) is 0 Å². The summed E-state index contributed by atoms with van der Waals surface area (Å²) >= 11 is 0. The van der Waals surface area contributed by atoms with E-state index in [0.29, 0.717) is 23.2 Å². The third kappa shape index (κ3) is 5.33. The lowest BCUT2D eigenvalue weighted by Gasteiger charge is -2.26. The summed E-state index contributed by atoms with van der Waals surface area (Å²) in [5, 5.41) is 3.98. The van der Waals surface area contributed by atoms with Crippen molar-refractivity contribution >= 4 is 11.8 Å². The van der Waals surface area contributed by atoms with Crippen molar-refractivity contribution in [3.05, 3.63) is 71.4 Å². The highest BCUT2D eigenvalue weighted by atomic mass is 19.1. The molecule has 0 bridgehead atoms. The predicted octanol–water partition coefficient (Wildman–Crippen LogP) is 3.62. The number of hydrogen-bond acceptors (Lipinski definition) is 5. The molecule has 7 nitrogen and oxygen atoms in total. The molecule has 2 N–H and O–H groups in total. The number of hydrogen-bond donors (Lipinski definition) is 1. The first-order valence-corrected chi connectivity index (χ1v) is 9.99. The van der Waals surface area contributed by atoms with Gasteiger partial charge in [-0.1, -0.05) is 55.4 Å². The Morgan fingerprint density at radius 3 is 2.45 bits per heavy atom. The molecule has 0 aliphatic rings. The van der Waals surface area contributed by atoms with Gasteiger partial charge in [-0.3, -0.25) is 9.59 Å². The van der Waals surface area contributed by atoms with Crippen LogP contribution in [-0.4, -0.2) is 33.9 Å². The minimum atomic E-state index is -1.07. The third-order valence-electron chi connectivity index (χ3n) is 5.07. The van der Waals surface area contributed by atoms with E-state index in [1.54, 1.807) is 6.07 Å². The number of nitrogens with two attached hydrogens (primary N) is 1. The van der Waals surface area contributed by atoms with Crippen LogP contribution in [0.4, 0.5) is 4.39 Å². The largest absolute Gasteiger partial charge is 0.368 e. The second-order valence-corrected chi connectivity index (χ2v) is 7.65. The number of likely N-dealkylation sites (N-methyl/N-ethyl adjacent to an activating group) is 1. The van der Waals surface area contributed by atoms with Crippen LogP contribution in [0.15, 0.2) is 53.1 Å². The molecule has 3 rings (SSSR count). The Kier molecular flexibility index (Phi) is 6.79. The summed E-state index contributed by atoms with van der Waals surface area (Å²) in [6.45, 7) is 4.24. The number of aromatic nitrogens is 2. The highest BCUT2D eigenvalue weighted by Gasteiger charge is 2.27. The number of rotatable bonds is 8. The third-order valence-corrected chi connectivity index (χ3v) is 5.07. The number of amides is 2. The van der Waals surface area contributed by atoms with Crippen molar-refractivity contribution in [1.29, 1.82) is 0 Å². The number of primary amides is 1. The monoisotopic (exact) mass is 424 g/mol. The Balaban J connectivity index is 1.65. The van der Waals surface area contributed by atoms with Gasteiger partial charge in [-0.15, -0.1) is 0 Å². The average Bonchev–Trinajstić information content (AvgIpc) is 3.21. The maximum atomic E-state index is 13.5. The van der Waals surface area contributed by atoms with E-state index in [9.17, 15) is 14.0 Å². The molecule has 8 heteroatoms. The van der Waals surface area contributed by atoms with Crippen LogP contribution in [0.1, 0.15) is 49.2 Å². The molecule has 1 heterocycles. The molecule has 1 atom stereocenters. The van der Waals surface area contributed by atoms with Gasteiger partial charge in [0.25, 0.3) is 0 Å². The van der Waals surface area contributed by atoms with Crippen molar-refractivity contribution in [3.63, 3.8) is 0 Å². The number of benzene rings is 2. The van der Waals surface area contributed by atoms with E-state index in [4.69, 9.17) is 10.3 Å². The van der Waals surface area contributed by atoms with Gasteiger partial charge in [-0.05, 0) is 29.2 Å². The molecular weight excluding hydrogens is 399 g/mol. The highest BCUT2D eigenvalue weighted by Crippen LogP contribution is 2.23. The van der Waals surface area contributed by atoms with Gasteiger partial charge in [0.15, 0.2) is 0 Å². The van der Waals surface area contributed by atoms with Gasteiger partial charge in [-0.2, -0.15) is 4.98 Å². The topological polar surface area (TPSA) is 102 Å². The first kappa shape index (κ1) is 22.1. The van der Waals surface area contributed by atoms with E-state index in [0.717, 1.165) is 5.56 Å². The second kappa shape index (κ2) is 9.51. The molecular formula is C23H25FN4O3. The second-order valence-electron chi connectivity index (χ2n) is 7.65. The number of carbonyl (C=O) groups is 2. The van der Waals surface area contributed by atoms with Crippen LogP contribution in [0, 0.1) is 5.82 Å². The van der Waals surface area contributed by atoms with Gasteiger partial charge in [0.05, 0.1) is 0 Å². The van der Waals surface area contributed by atoms with Gasteiger partial charge in [0, 0.05) is 25.5 Å². The maximum Gasteiger partial charge on any atom is 0.244 e. The van der Waals surface area contributed by atoms with Crippen molar-refractivity contribution < 1.29 is 18.5 Å². The Labute approximate surface area is 180 Å². The lowest BCUT2D eigenvalue weighted by atomic mass is 10.0. The first-order valence-electron chi connectivity index (χ1n) is 9.99. The van der Waals surface area contributed by atoms with Crippen molar-refractivity contribution in [1.82, 2.24) is 15.0 Å². The predicted molar refractivity (Wildman–Crippen MR) is 113 cm³/mol. The fourth-order valence-corrected chi connectivity index (χ4v) is 3.28. The summed E-state index contributed by atoms with van der Waals surface area (Å²) in [5.74, 6) is -0.425. The fourth-order valence-electron chi connectivity index (χ4n) is 3.28. The smallest absolute Gasteiger partial charge is 0.244 e. The van der Waals surface area contributed by atoms with Gasteiger partial charge < -0.3 is 15.2 Å². The molecule has 0 aliphatic carbocycles. The zero-order chi connectivity index (χ0) is 22.5. The molecule has 0 saturated heterocycles. The van der Waals surface area contributed by atoms with Crippen molar-refractivity contribution in [2.24, 2.45) is 5.73 Å². The fraction of sp³-hybridized carbons (Fsp3) is 0.304. The maximum absolute atomic E-state index is 13.5. The van der Waals surface area contributed by atoms with Crippen molar-refractivity contribution in [2.45, 2.75) is 38.6 Å². The summed E-state index contributed by atoms with van der Waals surface area (Å²) in [7, 11) is 1.46. The summed E-state index contributed by atoms with van der Waals surface area (Å²) in [5.41, 5.74) is 7.81. The Bertz CT molecular complexity index is 1060. The zero-order valence-electron chi connectivity index (χ0n) is 17.7. The van der Waals surface area contributed by atoms with E-state index in [1.165, 1.54) is 35.7 Å². The van der Waals surface area contributed by atoms with Crippen LogP contribution in [0.25, 0.3) is 11.4 Å². The molecule has 0 spiro atoms. The van der Waals surface area contributed by atoms with E-state index >= 15 is 0 Å². The van der Waals surface area contributed by atoms with E-state index in [2.05, 4.69) is 24.0 Å². The van der Waals surface area contributed by atoms with Gasteiger partial charge >= 0.3 is 0 Å². The van der Waals surface area contributed by atoms with Crippen molar-refractivity contribution in [2.75, 3.05) is 7.05 Å². The van der Waals surface area contributed by atoms with Gasteiger partial charge in [-0.25, -0.2) is 4.39 Å². The van der Waals surface area contributed by atoms with E-state index in [1.807, 2.05) is 24.3 Å². The molecule has 0 saturated carbocycles. The lowest BCUT2D eigenvalue weighted by molar-refractivity contribution is -0.138. The average molecular weight is 424 g/mol. The standard InChI is InChI=1S/C23H25FN4O3/c1-14(2)15-7-9-16(10-8-15)23-26-19(31-27-23)11-12-20(29)28(3)21(22(25)30)17-5-4-6-18(24)13-17/h4-10,13-14,21H,11-12H2,1-3H3,(H2,25,30). The first-order chi connectivity index (χ1) is 14.8. The van der Waals surface area contributed by atoms with Gasteiger partial charge in [0.1, 0.15) is 11.9 Å². The molecule has 1 aromatic heterocycles. The zero-order valence-corrected chi connectivity index (χ0v) is 17.7. The molecule has 0 fully saturated rings. The van der Waals surface area contributed by atoms with Crippen LogP contribution >= 0.6 is 0 Å². The van der Waals surface area contributed by atoms with Crippen LogP contribution in [0.3, 0.4) is 0 Å². The molecule has 31 heavy (non-hydrogen) atoms. The molecule has 2 amide bonds. The summed E-state index contributed by atoms with van der Waals surface area (Å²) in [4.78, 5) is 30.1. The minimum Gasteiger partial charge on any atom is -0.368 e. The van der Waals surface area contributed by atoms with Crippen LogP contribution in [-0.2, 0) is 16.0 Å². The highest BCUT2D eigenvalue weighted by molar-refractivity contribution is 5.87. The molecule has 1 unspecified atom stereocenters. The summed E-state index contributed by atoms with van der Waals surface area (Å²) in [6.07, 6.45) is 0.235. The quantitative estimate of drug-likeness (QED) is 0.595. The summed E-state index contributed by atoms with van der Waals surface area (Å²) in [6, 6.07) is 12.3. The Hall–Kier alpha value is -3.55. The Morgan fingerprint density at radius 1 is 1.13 bits per heavy atom. The normalized spacial score (nSPS) is 12.0.